The molecule has 0 aliphatic carbocycles. The van der Waals surface area contributed by atoms with Crippen molar-refractivity contribution in [2.24, 2.45) is 0 Å². The normalized spacial score (nSPS) is 12.4. The zero-order valence-electron chi connectivity index (χ0n) is 13.3. The van der Waals surface area contributed by atoms with Gasteiger partial charge in [-0.05, 0) is 42.8 Å². The van der Waals surface area contributed by atoms with Gasteiger partial charge in [0.1, 0.15) is 0 Å². The van der Waals surface area contributed by atoms with Gasteiger partial charge in [-0.2, -0.15) is 0 Å². The van der Waals surface area contributed by atoms with Gasteiger partial charge in [-0.3, -0.25) is 4.79 Å². The smallest absolute Gasteiger partial charge is 0.220 e. The number of fused-ring (bicyclic) bond motifs is 1. The molecule has 3 nitrogen and oxygen atoms in total. The van der Waals surface area contributed by atoms with Crippen LogP contribution in [0.15, 0.2) is 48.0 Å². The van der Waals surface area contributed by atoms with Gasteiger partial charge in [-0.1, -0.05) is 24.3 Å². The molecule has 23 heavy (non-hydrogen) atoms. The number of amides is 1. The first-order valence-electron chi connectivity index (χ1n) is 8.09. The Labute approximate surface area is 140 Å². The van der Waals surface area contributed by atoms with Crippen molar-refractivity contribution in [2.75, 3.05) is 0 Å². The van der Waals surface area contributed by atoms with Crippen molar-refractivity contribution >= 4 is 28.1 Å². The predicted octanol–water partition coefficient (Wildman–Crippen LogP) is 4.30. The molecule has 0 spiro atoms. The number of hydrogen-bond donors (Lipinski definition) is 2. The van der Waals surface area contributed by atoms with E-state index < -0.39 is 0 Å². The van der Waals surface area contributed by atoms with Crippen molar-refractivity contribution in [3.63, 3.8) is 0 Å². The Morgan fingerprint density at radius 2 is 2.13 bits per heavy atom. The predicted molar refractivity (Wildman–Crippen MR) is 96.9 cm³/mol. The summed E-state index contributed by atoms with van der Waals surface area (Å²) in [5.41, 5.74) is 2.46. The molecule has 0 fully saturated rings. The Bertz CT molecular complexity index is 761. The molecule has 0 radical (unpaired) electrons. The molecule has 1 atom stereocenters. The van der Waals surface area contributed by atoms with Gasteiger partial charge in [-0.25, -0.2) is 0 Å². The lowest BCUT2D eigenvalue weighted by Crippen LogP contribution is -2.33. The Kier molecular flexibility index (Phi) is 5.13. The van der Waals surface area contributed by atoms with E-state index in [1.54, 1.807) is 11.3 Å². The molecule has 0 saturated carbocycles. The maximum Gasteiger partial charge on any atom is 0.220 e. The monoisotopic (exact) mass is 326 g/mol. The number of carbonyl (C=O) groups excluding carboxylic acids is 1. The van der Waals surface area contributed by atoms with Crippen molar-refractivity contribution in [1.82, 2.24) is 10.3 Å². The van der Waals surface area contributed by atoms with Crippen LogP contribution in [0.2, 0.25) is 0 Å². The Hall–Kier alpha value is -2.07. The number of aromatic amines is 1. The van der Waals surface area contributed by atoms with Gasteiger partial charge >= 0.3 is 0 Å². The highest BCUT2D eigenvalue weighted by molar-refractivity contribution is 7.09. The zero-order valence-corrected chi connectivity index (χ0v) is 14.2. The highest BCUT2D eigenvalue weighted by atomic mass is 32.1. The minimum absolute atomic E-state index is 0.147. The average Bonchev–Trinajstić information content (AvgIpc) is 3.17. The Morgan fingerprint density at radius 1 is 1.26 bits per heavy atom. The number of benzene rings is 1. The van der Waals surface area contributed by atoms with Crippen molar-refractivity contribution in [1.29, 1.82) is 0 Å². The molecule has 120 valence electrons. The number of hydrogen-bond acceptors (Lipinski definition) is 2. The molecule has 0 aliphatic heterocycles. The SMILES string of the molecule is CC(Cc1cccs1)NC(=O)CCCc1c[nH]c2ccccc12. The van der Waals surface area contributed by atoms with Gasteiger partial charge < -0.3 is 10.3 Å². The maximum absolute atomic E-state index is 12.1. The highest BCUT2D eigenvalue weighted by Crippen LogP contribution is 2.19. The topological polar surface area (TPSA) is 44.9 Å². The second-order valence-corrected chi connectivity index (χ2v) is 7.00. The molecule has 2 heterocycles. The van der Waals surface area contributed by atoms with Crippen LogP contribution in [0.4, 0.5) is 0 Å². The Balaban J connectivity index is 1.44. The van der Waals surface area contributed by atoms with Crippen LogP contribution in [-0.2, 0) is 17.6 Å². The molecule has 0 saturated heterocycles. The summed E-state index contributed by atoms with van der Waals surface area (Å²) in [4.78, 5) is 16.7. The van der Waals surface area contributed by atoms with Crippen LogP contribution in [0, 0.1) is 0 Å². The van der Waals surface area contributed by atoms with E-state index in [0.29, 0.717) is 6.42 Å². The van der Waals surface area contributed by atoms with E-state index in [9.17, 15) is 4.79 Å². The number of H-pyrrole nitrogens is 1. The van der Waals surface area contributed by atoms with Gasteiger partial charge in [0.05, 0.1) is 0 Å². The van der Waals surface area contributed by atoms with Crippen LogP contribution in [0.1, 0.15) is 30.2 Å². The van der Waals surface area contributed by atoms with E-state index in [0.717, 1.165) is 24.8 Å². The molecule has 1 amide bonds. The standard InChI is InChI=1S/C19H22N2OS/c1-14(12-16-7-5-11-23-16)21-19(22)10-4-6-15-13-20-18-9-3-2-8-17(15)18/h2-3,5,7-9,11,13-14,20H,4,6,10,12H2,1H3,(H,21,22). The van der Waals surface area contributed by atoms with Gasteiger partial charge in [0.2, 0.25) is 5.91 Å². The van der Waals surface area contributed by atoms with Crippen LogP contribution in [-0.4, -0.2) is 16.9 Å². The zero-order chi connectivity index (χ0) is 16.1. The number of aryl methyl sites for hydroxylation is 1. The summed E-state index contributed by atoms with van der Waals surface area (Å²) in [6, 6.07) is 12.7. The van der Waals surface area contributed by atoms with Crippen molar-refractivity contribution in [3.8, 4) is 0 Å². The van der Waals surface area contributed by atoms with E-state index in [-0.39, 0.29) is 11.9 Å². The largest absolute Gasteiger partial charge is 0.361 e. The van der Waals surface area contributed by atoms with Gasteiger partial charge in [0, 0.05) is 40.9 Å². The van der Waals surface area contributed by atoms with Crippen LogP contribution in [0.3, 0.4) is 0 Å². The summed E-state index contributed by atoms with van der Waals surface area (Å²) in [7, 11) is 0. The lowest BCUT2D eigenvalue weighted by Gasteiger charge is -2.12. The fourth-order valence-electron chi connectivity index (χ4n) is 2.91. The molecule has 1 aromatic carbocycles. The highest BCUT2D eigenvalue weighted by Gasteiger charge is 2.09. The van der Waals surface area contributed by atoms with Crippen LogP contribution in [0.5, 0.6) is 0 Å². The summed E-state index contributed by atoms with van der Waals surface area (Å²) in [6.45, 7) is 2.07. The van der Waals surface area contributed by atoms with E-state index in [4.69, 9.17) is 0 Å². The average molecular weight is 326 g/mol. The van der Waals surface area contributed by atoms with E-state index in [2.05, 4.69) is 59.1 Å². The first-order chi connectivity index (χ1) is 11.2. The van der Waals surface area contributed by atoms with Crippen molar-refractivity contribution < 1.29 is 4.79 Å². The minimum Gasteiger partial charge on any atom is -0.361 e. The van der Waals surface area contributed by atoms with Gasteiger partial charge in [-0.15, -0.1) is 11.3 Å². The van der Waals surface area contributed by atoms with E-state index in [1.165, 1.54) is 15.8 Å². The molecule has 3 rings (SSSR count). The van der Waals surface area contributed by atoms with Gasteiger partial charge in [0.15, 0.2) is 0 Å². The molecule has 3 aromatic rings. The lowest BCUT2D eigenvalue weighted by atomic mass is 10.1. The lowest BCUT2D eigenvalue weighted by molar-refractivity contribution is -0.121. The third-order valence-corrected chi connectivity index (χ3v) is 4.92. The summed E-state index contributed by atoms with van der Waals surface area (Å²) in [5, 5.41) is 6.43. The molecular formula is C19H22N2OS. The molecule has 1 unspecified atom stereocenters. The minimum atomic E-state index is 0.147. The first-order valence-corrected chi connectivity index (χ1v) is 8.97. The fourth-order valence-corrected chi connectivity index (χ4v) is 3.74. The summed E-state index contributed by atoms with van der Waals surface area (Å²) in [6.07, 6.45) is 5.35. The third-order valence-electron chi connectivity index (χ3n) is 4.02. The molecule has 2 aromatic heterocycles. The fraction of sp³-hybridized carbons (Fsp3) is 0.316. The number of carbonyl (C=O) groups is 1. The first kappa shape index (κ1) is 15.8. The van der Waals surface area contributed by atoms with Crippen LogP contribution in [0.25, 0.3) is 10.9 Å². The van der Waals surface area contributed by atoms with E-state index >= 15 is 0 Å². The summed E-state index contributed by atoms with van der Waals surface area (Å²) < 4.78 is 0. The van der Waals surface area contributed by atoms with Gasteiger partial charge in [0.25, 0.3) is 0 Å². The van der Waals surface area contributed by atoms with Crippen molar-refractivity contribution in [2.45, 2.75) is 38.6 Å². The quantitative estimate of drug-likeness (QED) is 0.668. The van der Waals surface area contributed by atoms with Crippen molar-refractivity contribution in [3.05, 3.63) is 58.4 Å². The second kappa shape index (κ2) is 7.47. The van der Waals surface area contributed by atoms with E-state index in [1.807, 2.05) is 6.07 Å². The number of para-hydroxylation sites is 1. The van der Waals surface area contributed by atoms with Crippen LogP contribution >= 0.6 is 11.3 Å². The maximum atomic E-state index is 12.1. The molecule has 0 aliphatic rings. The number of nitrogens with one attached hydrogen (secondary N) is 2. The number of rotatable bonds is 7. The molecule has 0 bridgehead atoms. The Morgan fingerprint density at radius 3 is 2.96 bits per heavy atom. The molecular weight excluding hydrogens is 304 g/mol. The number of thiophene rings is 1. The summed E-state index contributed by atoms with van der Waals surface area (Å²) >= 11 is 1.74. The summed E-state index contributed by atoms with van der Waals surface area (Å²) in [5.74, 6) is 0.147. The second-order valence-electron chi connectivity index (χ2n) is 5.97. The molecule has 4 heteroatoms. The number of aromatic nitrogens is 1. The van der Waals surface area contributed by atoms with Crippen LogP contribution < -0.4 is 5.32 Å². The molecule has 2 N–H and O–H groups in total. The third kappa shape index (κ3) is 4.23.